The Morgan fingerprint density at radius 3 is 2.04 bits per heavy atom. The molecule has 0 unspecified atom stereocenters. The fourth-order valence-corrected chi connectivity index (χ4v) is 6.04. The number of amides is 6. The lowest BCUT2D eigenvalue weighted by Gasteiger charge is -2.30. The van der Waals surface area contributed by atoms with Crippen molar-refractivity contribution in [3.8, 4) is 0 Å². The second-order valence-corrected chi connectivity index (χ2v) is 14.2. The van der Waals surface area contributed by atoms with Crippen LogP contribution in [0.15, 0.2) is 77.9 Å². The molecule has 0 saturated carbocycles. The van der Waals surface area contributed by atoms with E-state index >= 15 is 0 Å². The first-order chi connectivity index (χ1) is 27.2. The highest BCUT2D eigenvalue weighted by molar-refractivity contribution is 6.02. The Hall–Kier alpha value is -6.42. The molecule has 1 heterocycles. The summed E-state index contributed by atoms with van der Waals surface area (Å²) in [5.41, 5.74) is 13.1. The molecule has 1 aliphatic heterocycles. The van der Waals surface area contributed by atoms with Crippen LogP contribution in [0.2, 0.25) is 0 Å². The summed E-state index contributed by atoms with van der Waals surface area (Å²) in [5, 5.41) is 29.2. The molecule has 6 amide bonds. The topological polar surface area (TPSA) is 234 Å². The predicted octanol–water partition coefficient (Wildman–Crippen LogP) is 3.18. The molecule has 1 aliphatic rings. The van der Waals surface area contributed by atoms with Crippen molar-refractivity contribution in [1.82, 2.24) is 26.6 Å². The number of carbonyl (C=O) groups excluding carboxylic acids is 6. The van der Waals surface area contributed by atoms with Gasteiger partial charge in [-0.2, -0.15) is 5.11 Å². The second-order valence-electron chi connectivity index (χ2n) is 14.2. The van der Waals surface area contributed by atoms with Crippen molar-refractivity contribution in [3.63, 3.8) is 0 Å². The highest BCUT2D eigenvalue weighted by Gasteiger charge is 2.29. The summed E-state index contributed by atoms with van der Waals surface area (Å²) in [5.74, 6) is -3.65. The van der Waals surface area contributed by atoms with E-state index in [0.29, 0.717) is 33.9 Å². The van der Waals surface area contributed by atoms with Crippen LogP contribution in [0.25, 0.3) is 11.4 Å². The first kappa shape index (κ1) is 43.3. The van der Waals surface area contributed by atoms with E-state index in [0.717, 1.165) is 11.1 Å². The third-order valence-corrected chi connectivity index (χ3v) is 9.03. The number of anilines is 2. The van der Waals surface area contributed by atoms with Crippen LogP contribution in [-0.2, 0) is 41.9 Å². The molecule has 3 aromatic carbocycles. The van der Waals surface area contributed by atoms with Crippen LogP contribution in [0.5, 0.6) is 0 Å². The number of rotatable bonds is 17. The van der Waals surface area contributed by atoms with Gasteiger partial charge in [-0.3, -0.25) is 28.8 Å². The van der Waals surface area contributed by atoms with Gasteiger partial charge >= 0.3 is 0 Å². The standard InChI is InChI=1S/C41H51N9O7/c1-24(2)37(41(57)46-26(5)40(56)47-29-16-14-27(23-51)15-17-29)48-35(54)21-44-34(53)20-43-33(52)18-19-36(55)50-22-28-10-6-7-11-30(28)38(45-25(3)4)39(49-42)31-12-8-9-13-32(31)50/h6-17,24-26,37,42,45,51H,18-23H2,1-5H3,(H,43,52)(H,44,53)(H,46,57)(H,47,56)(H,48,54)/b39-38-,49-42?/t26-,37-/m0/s1. The Morgan fingerprint density at radius 1 is 0.754 bits per heavy atom. The van der Waals surface area contributed by atoms with Crippen molar-refractivity contribution in [2.24, 2.45) is 11.0 Å². The highest BCUT2D eigenvalue weighted by Crippen LogP contribution is 2.38. The van der Waals surface area contributed by atoms with Crippen LogP contribution in [-0.4, -0.2) is 71.8 Å². The zero-order valence-corrected chi connectivity index (χ0v) is 32.8. The van der Waals surface area contributed by atoms with E-state index in [4.69, 9.17) is 5.53 Å². The number of nitrogens with one attached hydrogen (secondary N) is 7. The van der Waals surface area contributed by atoms with E-state index in [-0.39, 0.29) is 43.9 Å². The first-order valence-corrected chi connectivity index (χ1v) is 18.7. The summed E-state index contributed by atoms with van der Waals surface area (Å²) in [7, 11) is 0. The molecule has 302 valence electrons. The number of aliphatic hydroxyl groups is 1. The number of para-hydroxylation sites is 1. The molecule has 8 N–H and O–H groups in total. The lowest BCUT2D eigenvalue weighted by molar-refractivity contribution is -0.132. The van der Waals surface area contributed by atoms with Gasteiger partial charge in [-0.05, 0) is 56.0 Å². The van der Waals surface area contributed by atoms with Gasteiger partial charge in [-0.1, -0.05) is 68.4 Å². The van der Waals surface area contributed by atoms with Crippen LogP contribution in [0.1, 0.15) is 69.7 Å². The molecule has 0 radical (unpaired) electrons. The molecule has 16 nitrogen and oxygen atoms in total. The summed E-state index contributed by atoms with van der Waals surface area (Å²) >= 11 is 0. The molecular formula is C41H51N9O7. The Balaban J connectivity index is 1.27. The van der Waals surface area contributed by atoms with E-state index in [2.05, 4.69) is 37.0 Å². The Labute approximate surface area is 331 Å². The quantitative estimate of drug-likeness (QED) is 0.0946. The van der Waals surface area contributed by atoms with Crippen molar-refractivity contribution in [2.75, 3.05) is 23.3 Å². The molecule has 0 spiro atoms. The molecule has 0 aromatic heterocycles. The number of aliphatic hydroxyl groups excluding tert-OH is 1. The number of benzene rings is 3. The lowest BCUT2D eigenvalue weighted by atomic mass is 9.95. The number of fused-ring (bicyclic) bond motifs is 2. The maximum absolute atomic E-state index is 13.7. The largest absolute Gasteiger partial charge is 0.392 e. The van der Waals surface area contributed by atoms with Crippen molar-refractivity contribution < 1.29 is 33.9 Å². The minimum Gasteiger partial charge on any atom is -0.392 e. The molecule has 0 bridgehead atoms. The molecule has 2 atom stereocenters. The van der Waals surface area contributed by atoms with Gasteiger partial charge in [0.1, 0.15) is 17.8 Å². The minimum atomic E-state index is -1.01. The number of carbonyl (C=O) groups is 6. The minimum absolute atomic E-state index is 0.0452. The molecule has 0 aliphatic carbocycles. The number of hydrogen-bond donors (Lipinski definition) is 8. The third-order valence-electron chi connectivity index (χ3n) is 9.03. The summed E-state index contributed by atoms with van der Waals surface area (Å²) in [6.07, 6.45) is -0.382. The molecule has 0 fully saturated rings. The Bertz CT molecular complexity index is 2000. The monoisotopic (exact) mass is 781 g/mol. The molecule has 16 heteroatoms. The van der Waals surface area contributed by atoms with Gasteiger partial charge in [-0.25, -0.2) is 5.53 Å². The van der Waals surface area contributed by atoms with Gasteiger partial charge in [-0.15, -0.1) is 0 Å². The fraction of sp³-hybridized carbons (Fsp3) is 0.366. The van der Waals surface area contributed by atoms with Gasteiger partial charge in [0.15, 0.2) is 0 Å². The zero-order chi connectivity index (χ0) is 41.6. The molecule has 3 aromatic rings. The summed E-state index contributed by atoms with van der Waals surface area (Å²) < 4.78 is 0. The highest BCUT2D eigenvalue weighted by atomic mass is 16.3. The summed E-state index contributed by atoms with van der Waals surface area (Å²) in [6, 6.07) is 19.4. The van der Waals surface area contributed by atoms with Crippen LogP contribution in [0.4, 0.5) is 11.4 Å². The molecule has 57 heavy (non-hydrogen) atoms. The number of nitrogens with zero attached hydrogens (tertiary/aromatic N) is 2. The van der Waals surface area contributed by atoms with Crippen molar-refractivity contribution in [3.05, 3.63) is 95.1 Å². The van der Waals surface area contributed by atoms with Crippen LogP contribution in [0.3, 0.4) is 0 Å². The molecular weight excluding hydrogens is 731 g/mol. The van der Waals surface area contributed by atoms with Crippen molar-refractivity contribution in [2.45, 2.75) is 78.7 Å². The fourth-order valence-electron chi connectivity index (χ4n) is 6.04. The van der Waals surface area contributed by atoms with Gasteiger partial charge < -0.3 is 41.9 Å². The van der Waals surface area contributed by atoms with E-state index < -0.39 is 54.7 Å². The average Bonchev–Trinajstić information content (AvgIpc) is 3.19. The van der Waals surface area contributed by atoms with E-state index in [1.807, 2.05) is 44.2 Å². The van der Waals surface area contributed by atoms with Gasteiger partial charge in [0.05, 0.1) is 37.6 Å². The third kappa shape index (κ3) is 12.0. The Kier molecular flexibility index (Phi) is 15.6. The normalized spacial score (nSPS) is 14.5. The molecule has 0 saturated heterocycles. The van der Waals surface area contributed by atoms with Crippen molar-refractivity contribution in [1.29, 1.82) is 5.53 Å². The molecule has 4 rings (SSSR count). The van der Waals surface area contributed by atoms with Crippen LogP contribution in [0, 0.1) is 11.4 Å². The van der Waals surface area contributed by atoms with E-state index in [9.17, 15) is 33.9 Å². The first-order valence-electron chi connectivity index (χ1n) is 18.7. The van der Waals surface area contributed by atoms with Gasteiger partial charge in [0.25, 0.3) is 0 Å². The second kappa shape index (κ2) is 20.5. The van der Waals surface area contributed by atoms with E-state index in [1.54, 1.807) is 61.2 Å². The maximum Gasteiger partial charge on any atom is 0.246 e. The van der Waals surface area contributed by atoms with Crippen molar-refractivity contribution >= 4 is 58.2 Å². The van der Waals surface area contributed by atoms with Crippen LogP contribution < -0.4 is 36.8 Å². The summed E-state index contributed by atoms with van der Waals surface area (Å²) in [4.78, 5) is 79.0. The maximum atomic E-state index is 13.7. The number of hydrogen-bond acceptors (Lipinski definition) is 10. The lowest BCUT2D eigenvalue weighted by Crippen LogP contribution is -2.55. The Morgan fingerprint density at radius 2 is 1.39 bits per heavy atom. The summed E-state index contributed by atoms with van der Waals surface area (Å²) in [6.45, 7) is 8.06. The SMILES string of the molecule is CC(C)N/C1=C(\N=N)c2ccccc2N(C(=O)CCC(=O)NCC(=O)NCC(=O)N[C@H](C(=O)N[C@@H](C)C(=O)Nc2ccc(CO)cc2)C(C)C)Cc2ccccc21. The van der Waals surface area contributed by atoms with Gasteiger partial charge in [0.2, 0.25) is 35.4 Å². The van der Waals surface area contributed by atoms with E-state index in [1.165, 1.54) is 6.92 Å². The zero-order valence-electron chi connectivity index (χ0n) is 32.8. The smallest absolute Gasteiger partial charge is 0.246 e. The predicted molar refractivity (Wildman–Crippen MR) is 215 cm³/mol. The average molecular weight is 782 g/mol. The van der Waals surface area contributed by atoms with Gasteiger partial charge in [0, 0.05) is 35.7 Å². The van der Waals surface area contributed by atoms with Crippen LogP contribution >= 0.6 is 0 Å².